The summed E-state index contributed by atoms with van der Waals surface area (Å²) in [5, 5.41) is 4.03. The summed E-state index contributed by atoms with van der Waals surface area (Å²) in [6, 6.07) is 22.1. The molecule has 0 saturated heterocycles. The van der Waals surface area contributed by atoms with Gasteiger partial charge in [-0.05, 0) is 24.6 Å². The van der Waals surface area contributed by atoms with Crippen molar-refractivity contribution in [2.75, 3.05) is 6.54 Å². The van der Waals surface area contributed by atoms with Gasteiger partial charge in [0.25, 0.3) is 0 Å². The van der Waals surface area contributed by atoms with Crippen LogP contribution in [-0.4, -0.2) is 6.54 Å². The molecule has 0 fully saturated rings. The van der Waals surface area contributed by atoms with Crippen molar-refractivity contribution < 1.29 is 4.57 Å². The van der Waals surface area contributed by atoms with Crippen molar-refractivity contribution in [2.45, 2.75) is 116 Å². The second kappa shape index (κ2) is 17.2. The molecule has 2 aromatic carbocycles. The molecular weight excluding hydrogens is 484 g/mol. The van der Waals surface area contributed by atoms with Crippen LogP contribution in [0.2, 0.25) is 0 Å². The quantitative estimate of drug-likeness (QED) is 0.113. The number of nitrogens with zero attached hydrogens (tertiary/aromatic N) is 2. The predicted octanol–water partition coefficient (Wildman–Crippen LogP) is 8.64. The summed E-state index contributed by atoms with van der Waals surface area (Å²) in [6.07, 6.45) is 28.4. The highest BCUT2D eigenvalue weighted by Gasteiger charge is 2.20. The zero-order valence-corrected chi connectivity index (χ0v) is 25.6. The second-order valence-corrected chi connectivity index (χ2v) is 11.9. The minimum Gasteiger partial charge on any atom is -0.195 e. The molecule has 0 saturated carbocycles. The van der Waals surface area contributed by atoms with Gasteiger partial charge in [0.15, 0.2) is 5.70 Å². The van der Waals surface area contributed by atoms with Gasteiger partial charge in [0, 0.05) is 35.2 Å². The molecule has 0 spiro atoms. The van der Waals surface area contributed by atoms with Crippen molar-refractivity contribution in [3.05, 3.63) is 82.6 Å². The summed E-state index contributed by atoms with van der Waals surface area (Å²) in [5.74, 6) is 0. The first-order valence-electron chi connectivity index (χ1n) is 16.6. The lowest BCUT2D eigenvalue weighted by Gasteiger charge is -2.10. The fourth-order valence-electron chi connectivity index (χ4n) is 6.28. The van der Waals surface area contributed by atoms with Gasteiger partial charge in [0.2, 0.25) is 16.6 Å². The summed E-state index contributed by atoms with van der Waals surface area (Å²) in [6.45, 7) is 3.40. The molecule has 1 aliphatic rings. The monoisotopic (exact) mass is 538 g/mol. The molecule has 0 amide bonds. The van der Waals surface area contributed by atoms with E-state index in [0.717, 1.165) is 13.0 Å². The number of hydrogen-bond acceptors (Lipinski definition) is 0. The number of unbranched alkanes of at least 4 members (excludes halogenated alkanes) is 15. The maximum absolute atomic E-state index is 2.59. The zero-order chi connectivity index (χ0) is 27.8. The van der Waals surface area contributed by atoms with Gasteiger partial charge in [-0.1, -0.05) is 127 Å². The third-order valence-electron chi connectivity index (χ3n) is 8.77. The van der Waals surface area contributed by atoms with Crippen molar-refractivity contribution in [1.29, 1.82) is 0 Å². The molecule has 2 nitrogen and oxygen atoms in total. The van der Waals surface area contributed by atoms with Gasteiger partial charge in [-0.25, -0.2) is 0 Å². The Kier molecular flexibility index (Phi) is 13.0. The largest absolute Gasteiger partial charge is 0.212 e. The molecule has 0 radical (unpaired) electrons. The van der Waals surface area contributed by atoms with Gasteiger partial charge in [-0.15, -0.1) is 0 Å². The summed E-state index contributed by atoms with van der Waals surface area (Å²) in [7, 11) is 2.19. The van der Waals surface area contributed by atoms with Gasteiger partial charge >= 0.3 is 0 Å². The van der Waals surface area contributed by atoms with Crippen molar-refractivity contribution in [2.24, 2.45) is 7.05 Å². The second-order valence-electron chi connectivity index (χ2n) is 11.9. The maximum Gasteiger partial charge on any atom is 0.212 e. The lowest BCUT2D eigenvalue weighted by Crippen LogP contribution is -2.43. The SMILES string of the molecule is CCCCCCCCCCCCCCCCCC[N+]1=c2ccccc2=CC/C1=C\c1ccc2ccccc2[n+]1C. The topological polar surface area (TPSA) is 6.89 Å². The Morgan fingerprint density at radius 3 is 1.88 bits per heavy atom. The third-order valence-corrected chi connectivity index (χ3v) is 8.77. The number of allylic oxidation sites excluding steroid dienone is 1. The highest BCUT2D eigenvalue weighted by Crippen LogP contribution is 2.16. The van der Waals surface area contributed by atoms with Crippen LogP contribution in [0.4, 0.5) is 0 Å². The van der Waals surface area contributed by atoms with Crippen LogP contribution in [0.5, 0.6) is 0 Å². The Balaban J connectivity index is 1.21. The Morgan fingerprint density at radius 1 is 0.625 bits per heavy atom. The zero-order valence-electron chi connectivity index (χ0n) is 25.6. The fraction of sp³-hybridized carbons (Fsp3) is 0.526. The van der Waals surface area contributed by atoms with Crippen molar-refractivity contribution in [3.63, 3.8) is 0 Å². The van der Waals surface area contributed by atoms with E-state index in [1.165, 1.54) is 136 Å². The highest BCUT2D eigenvalue weighted by atomic mass is 15.0. The molecule has 2 heterocycles. The van der Waals surface area contributed by atoms with Crippen LogP contribution in [-0.2, 0) is 7.05 Å². The first-order chi connectivity index (χ1) is 19.8. The van der Waals surface area contributed by atoms with Crippen LogP contribution in [0.25, 0.3) is 23.1 Å². The molecule has 1 aliphatic heterocycles. The molecule has 2 heteroatoms. The van der Waals surface area contributed by atoms with Crippen LogP contribution < -0.4 is 19.7 Å². The first-order valence-corrected chi connectivity index (χ1v) is 16.6. The van der Waals surface area contributed by atoms with Crippen LogP contribution in [0.1, 0.15) is 122 Å². The molecule has 40 heavy (non-hydrogen) atoms. The standard InChI is InChI=1S/C38H54N2/c1-3-4-5-6-7-8-9-10-11-12-13-14-15-16-17-22-31-40-36(30-28-34-24-19-21-26-38(34)40)32-35-29-27-33-23-18-20-25-37(33)39(35)2/h18-21,23-29,32H,3-17,22,30-31H2,1-2H3/q+2/b36-32+. The average molecular weight is 539 g/mol. The molecule has 214 valence electrons. The summed E-state index contributed by atoms with van der Waals surface area (Å²) < 4.78 is 4.92. The number of rotatable bonds is 18. The Morgan fingerprint density at radius 2 is 1.20 bits per heavy atom. The van der Waals surface area contributed by atoms with Crippen LogP contribution in [0, 0.1) is 0 Å². The number of hydrogen-bond donors (Lipinski definition) is 0. The van der Waals surface area contributed by atoms with Gasteiger partial charge in [0.1, 0.15) is 13.6 Å². The molecule has 3 aromatic rings. The number of aryl methyl sites for hydroxylation is 1. The first kappa shape index (κ1) is 30.2. The smallest absolute Gasteiger partial charge is 0.195 e. The van der Waals surface area contributed by atoms with Crippen molar-refractivity contribution >= 4 is 23.1 Å². The van der Waals surface area contributed by atoms with E-state index in [4.69, 9.17) is 0 Å². The fourth-order valence-corrected chi connectivity index (χ4v) is 6.28. The Hall–Kier alpha value is -2.74. The Bertz CT molecular complexity index is 1330. The number of benzene rings is 2. The van der Waals surface area contributed by atoms with E-state index >= 15 is 0 Å². The van der Waals surface area contributed by atoms with E-state index in [0.29, 0.717) is 0 Å². The molecule has 0 bridgehead atoms. The maximum atomic E-state index is 2.59. The van der Waals surface area contributed by atoms with Crippen molar-refractivity contribution in [3.8, 4) is 0 Å². The van der Waals surface area contributed by atoms with Gasteiger partial charge < -0.3 is 0 Å². The minimum absolute atomic E-state index is 0.989. The lowest BCUT2D eigenvalue weighted by atomic mass is 10.0. The predicted molar refractivity (Wildman–Crippen MR) is 174 cm³/mol. The van der Waals surface area contributed by atoms with E-state index in [9.17, 15) is 0 Å². The average Bonchev–Trinajstić information content (AvgIpc) is 2.99. The molecule has 0 atom stereocenters. The van der Waals surface area contributed by atoms with Crippen LogP contribution in [0.15, 0.2) is 66.4 Å². The number of pyridine rings is 1. The molecular formula is C38H54N2+2. The summed E-state index contributed by atoms with van der Waals surface area (Å²) in [5.41, 5.74) is 3.95. The van der Waals surface area contributed by atoms with E-state index < -0.39 is 0 Å². The lowest BCUT2D eigenvalue weighted by molar-refractivity contribution is -0.646. The summed E-state index contributed by atoms with van der Waals surface area (Å²) in [4.78, 5) is 0. The van der Waals surface area contributed by atoms with Crippen LogP contribution in [0.3, 0.4) is 0 Å². The van der Waals surface area contributed by atoms with Gasteiger partial charge in [-0.3, -0.25) is 0 Å². The Labute approximate surface area is 244 Å². The third kappa shape index (κ3) is 9.15. The number of para-hydroxylation sites is 2. The molecule has 0 N–H and O–H groups in total. The number of fused-ring (bicyclic) bond motifs is 2. The molecule has 1 aromatic heterocycles. The molecule has 0 unspecified atom stereocenters. The number of aromatic nitrogens is 1. The van der Waals surface area contributed by atoms with E-state index in [1.54, 1.807) is 0 Å². The highest BCUT2D eigenvalue weighted by molar-refractivity contribution is 5.76. The van der Waals surface area contributed by atoms with Crippen molar-refractivity contribution in [1.82, 2.24) is 4.58 Å². The van der Waals surface area contributed by atoms with Gasteiger partial charge in [-0.2, -0.15) is 9.14 Å². The molecule has 4 rings (SSSR count). The molecule has 0 aliphatic carbocycles. The van der Waals surface area contributed by atoms with Crippen LogP contribution >= 0.6 is 0 Å². The normalized spacial score (nSPS) is 14.1. The van der Waals surface area contributed by atoms with E-state index in [2.05, 4.69) is 95.9 Å². The van der Waals surface area contributed by atoms with E-state index in [1.807, 2.05) is 0 Å². The van der Waals surface area contributed by atoms with Gasteiger partial charge in [0.05, 0.1) is 12.5 Å². The van der Waals surface area contributed by atoms with E-state index in [-0.39, 0.29) is 0 Å². The minimum atomic E-state index is 0.989. The summed E-state index contributed by atoms with van der Waals surface area (Å²) >= 11 is 0.